The molecule has 1 aliphatic carbocycles. The Balaban J connectivity index is 1.56. The van der Waals surface area contributed by atoms with Gasteiger partial charge in [-0.05, 0) is 84.8 Å². The molecule has 0 saturated heterocycles. The van der Waals surface area contributed by atoms with Crippen molar-refractivity contribution in [3.05, 3.63) is 108 Å². The van der Waals surface area contributed by atoms with E-state index in [0.29, 0.717) is 0 Å². The van der Waals surface area contributed by atoms with Gasteiger partial charge in [0.25, 0.3) is 0 Å². The molecule has 34 heavy (non-hydrogen) atoms. The second kappa shape index (κ2) is 8.07. The van der Waals surface area contributed by atoms with Crippen molar-refractivity contribution in [3.8, 4) is 22.3 Å². The molecule has 0 bridgehead atoms. The number of hydrogen-bond acceptors (Lipinski definition) is 2. The van der Waals surface area contributed by atoms with Gasteiger partial charge in [-0.3, -0.25) is 0 Å². The zero-order valence-electron chi connectivity index (χ0n) is 19.9. The maximum absolute atomic E-state index is 3.68. The molecule has 2 nitrogen and oxygen atoms in total. The first-order valence-corrected chi connectivity index (χ1v) is 12.0. The summed E-state index contributed by atoms with van der Waals surface area (Å²) in [4.78, 5) is 2.42. The molecule has 0 fully saturated rings. The Kier molecular flexibility index (Phi) is 4.88. The normalized spacial score (nSPS) is 11.5. The number of rotatable bonds is 5. The van der Waals surface area contributed by atoms with Gasteiger partial charge < -0.3 is 10.2 Å². The third-order valence-corrected chi connectivity index (χ3v) is 6.98. The molecule has 2 heteroatoms. The lowest BCUT2D eigenvalue weighted by atomic mass is 9.96. The fraction of sp³-hybridized carbons (Fsp3) is 0.125. The molecule has 0 atom stereocenters. The largest absolute Gasteiger partial charge is 0.355 e. The summed E-state index contributed by atoms with van der Waals surface area (Å²) >= 11 is 0. The lowest BCUT2D eigenvalue weighted by molar-refractivity contribution is 1.03. The van der Waals surface area contributed by atoms with Gasteiger partial charge in [-0.1, -0.05) is 66.2 Å². The van der Waals surface area contributed by atoms with Crippen LogP contribution in [0.4, 0.5) is 22.7 Å². The molecule has 0 heterocycles. The van der Waals surface area contributed by atoms with Gasteiger partial charge in [0.1, 0.15) is 0 Å². The fourth-order valence-electron chi connectivity index (χ4n) is 5.36. The molecular weight excluding hydrogens is 412 g/mol. The van der Waals surface area contributed by atoms with Crippen LogP contribution in [0.15, 0.2) is 97.1 Å². The minimum atomic E-state index is 0.911. The lowest BCUT2D eigenvalue weighted by Gasteiger charge is -2.26. The van der Waals surface area contributed by atoms with Crippen LogP contribution < -0.4 is 10.2 Å². The summed E-state index contributed by atoms with van der Waals surface area (Å²) in [5, 5.41) is 6.35. The van der Waals surface area contributed by atoms with Crippen LogP contribution in [-0.2, 0) is 0 Å². The van der Waals surface area contributed by atoms with Crippen LogP contribution >= 0.6 is 0 Å². The molecule has 166 valence electrons. The first kappa shape index (κ1) is 20.6. The molecule has 0 unspecified atom stereocenters. The van der Waals surface area contributed by atoms with Gasteiger partial charge >= 0.3 is 0 Å². The zero-order chi connectivity index (χ0) is 23.2. The summed E-state index contributed by atoms with van der Waals surface area (Å²) in [5.41, 5.74) is 12.6. The number of fused-ring (bicyclic) bond motifs is 3. The van der Waals surface area contributed by atoms with E-state index in [1.165, 1.54) is 55.5 Å². The summed E-state index contributed by atoms with van der Waals surface area (Å²) in [6.45, 7) is 7.51. The molecule has 0 aliphatic heterocycles. The SMILES string of the molecule is CCN(c1ccc(C)cc1)c1ccc2c3c(c(C)ccc13)-c1c(Nc3ccccc3)cccc1-2. The smallest absolute Gasteiger partial charge is 0.0490 e. The molecule has 5 aromatic carbocycles. The van der Waals surface area contributed by atoms with E-state index >= 15 is 0 Å². The highest BCUT2D eigenvalue weighted by atomic mass is 15.1. The number of anilines is 4. The third-order valence-electron chi connectivity index (χ3n) is 6.98. The Morgan fingerprint density at radius 1 is 0.676 bits per heavy atom. The highest BCUT2D eigenvalue weighted by Gasteiger charge is 2.27. The first-order chi connectivity index (χ1) is 16.7. The number of para-hydroxylation sites is 1. The second-order valence-corrected chi connectivity index (χ2v) is 9.11. The molecule has 6 rings (SSSR count). The van der Waals surface area contributed by atoms with Gasteiger partial charge in [-0.2, -0.15) is 0 Å². The van der Waals surface area contributed by atoms with Gasteiger partial charge in [0, 0.05) is 40.2 Å². The van der Waals surface area contributed by atoms with Crippen molar-refractivity contribution < 1.29 is 0 Å². The van der Waals surface area contributed by atoms with Crippen LogP contribution in [0.1, 0.15) is 18.1 Å². The predicted molar refractivity (Wildman–Crippen MR) is 147 cm³/mol. The Labute approximate surface area is 201 Å². The quantitative estimate of drug-likeness (QED) is 0.288. The fourth-order valence-corrected chi connectivity index (χ4v) is 5.36. The van der Waals surface area contributed by atoms with Gasteiger partial charge in [0.2, 0.25) is 0 Å². The summed E-state index contributed by atoms with van der Waals surface area (Å²) in [5.74, 6) is 0. The van der Waals surface area contributed by atoms with Crippen LogP contribution in [0.25, 0.3) is 33.0 Å². The first-order valence-electron chi connectivity index (χ1n) is 12.0. The Hall–Kier alpha value is -4.04. The van der Waals surface area contributed by atoms with Crippen molar-refractivity contribution in [1.29, 1.82) is 0 Å². The number of hydrogen-bond donors (Lipinski definition) is 1. The molecule has 1 N–H and O–H groups in total. The third kappa shape index (κ3) is 3.18. The summed E-state index contributed by atoms with van der Waals surface area (Å²) < 4.78 is 0. The average molecular weight is 441 g/mol. The van der Waals surface area contributed by atoms with Crippen molar-refractivity contribution >= 4 is 33.5 Å². The highest BCUT2D eigenvalue weighted by molar-refractivity contribution is 6.21. The van der Waals surface area contributed by atoms with Crippen molar-refractivity contribution in [1.82, 2.24) is 0 Å². The molecule has 0 saturated carbocycles. The van der Waals surface area contributed by atoms with E-state index in [2.05, 4.69) is 128 Å². The van der Waals surface area contributed by atoms with Crippen molar-refractivity contribution in [3.63, 3.8) is 0 Å². The number of nitrogens with zero attached hydrogens (tertiary/aromatic N) is 1. The average Bonchev–Trinajstić information content (AvgIpc) is 3.21. The zero-order valence-corrected chi connectivity index (χ0v) is 19.9. The van der Waals surface area contributed by atoms with E-state index in [0.717, 1.165) is 17.9 Å². The van der Waals surface area contributed by atoms with Crippen LogP contribution in [-0.4, -0.2) is 6.54 Å². The van der Waals surface area contributed by atoms with E-state index < -0.39 is 0 Å². The topological polar surface area (TPSA) is 15.3 Å². The molecule has 0 aromatic heterocycles. The van der Waals surface area contributed by atoms with Gasteiger partial charge in [0.15, 0.2) is 0 Å². The van der Waals surface area contributed by atoms with Gasteiger partial charge in [-0.15, -0.1) is 0 Å². The predicted octanol–water partition coefficient (Wildman–Crippen LogP) is 9.01. The maximum Gasteiger partial charge on any atom is 0.0490 e. The van der Waals surface area contributed by atoms with E-state index in [-0.39, 0.29) is 0 Å². The van der Waals surface area contributed by atoms with E-state index in [1.807, 2.05) is 0 Å². The standard InChI is InChI=1S/C32H28N2/c1-4-34(24-16-13-21(2)14-17-24)29-20-19-26-25-11-8-12-28(33-23-9-6-5-7-10-23)32(25)30-22(3)15-18-27(29)31(26)30/h5-20,33H,4H2,1-3H3. The van der Waals surface area contributed by atoms with E-state index in [4.69, 9.17) is 0 Å². The van der Waals surface area contributed by atoms with Gasteiger partial charge in [0.05, 0.1) is 0 Å². The Morgan fingerprint density at radius 2 is 1.47 bits per heavy atom. The molecule has 0 spiro atoms. The number of aryl methyl sites for hydroxylation is 2. The Morgan fingerprint density at radius 3 is 2.24 bits per heavy atom. The molecule has 1 aliphatic rings. The maximum atomic E-state index is 3.68. The van der Waals surface area contributed by atoms with E-state index in [1.54, 1.807) is 0 Å². The second-order valence-electron chi connectivity index (χ2n) is 9.11. The van der Waals surface area contributed by atoms with E-state index in [9.17, 15) is 0 Å². The molecule has 0 amide bonds. The minimum Gasteiger partial charge on any atom is -0.355 e. The summed E-state index contributed by atoms with van der Waals surface area (Å²) in [6.07, 6.45) is 0. The van der Waals surface area contributed by atoms with Crippen molar-refractivity contribution in [2.24, 2.45) is 0 Å². The molecule has 5 aromatic rings. The monoisotopic (exact) mass is 440 g/mol. The summed E-state index contributed by atoms with van der Waals surface area (Å²) in [6, 6.07) is 35.1. The van der Waals surface area contributed by atoms with Crippen LogP contribution in [0.2, 0.25) is 0 Å². The minimum absolute atomic E-state index is 0.911. The van der Waals surface area contributed by atoms with Crippen LogP contribution in [0, 0.1) is 13.8 Å². The van der Waals surface area contributed by atoms with Crippen molar-refractivity contribution in [2.75, 3.05) is 16.8 Å². The lowest BCUT2D eigenvalue weighted by Crippen LogP contribution is -2.16. The number of benzene rings is 5. The molecular formula is C32H28N2. The number of nitrogens with one attached hydrogen (secondary N) is 1. The van der Waals surface area contributed by atoms with Gasteiger partial charge in [-0.25, -0.2) is 0 Å². The molecule has 0 radical (unpaired) electrons. The highest BCUT2D eigenvalue weighted by Crippen LogP contribution is 2.54. The van der Waals surface area contributed by atoms with Crippen molar-refractivity contribution in [2.45, 2.75) is 20.8 Å². The van der Waals surface area contributed by atoms with Crippen LogP contribution in [0.5, 0.6) is 0 Å². The van der Waals surface area contributed by atoms with Crippen LogP contribution in [0.3, 0.4) is 0 Å². The Bertz CT molecular complexity index is 1520. The summed E-state index contributed by atoms with van der Waals surface area (Å²) in [7, 11) is 0.